The number of imidazole rings is 1. The fourth-order valence-electron chi connectivity index (χ4n) is 1.98. The van der Waals surface area contributed by atoms with Gasteiger partial charge in [-0.25, -0.2) is 4.98 Å². The molecule has 0 aliphatic carbocycles. The molecule has 0 spiro atoms. The molecule has 0 aromatic carbocycles. The van der Waals surface area contributed by atoms with E-state index in [4.69, 9.17) is 0 Å². The number of amides is 1. The molecule has 0 aliphatic rings. The van der Waals surface area contributed by atoms with Gasteiger partial charge in [-0.2, -0.15) is 0 Å². The van der Waals surface area contributed by atoms with E-state index in [0.29, 0.717) is 5.75 Å². The van der Waals surface area contributed by atoms with Crippen LogP contribution in [-0.4, -0.2) is 38.5 Å². The minimum absolute atomic E-state index is 0.0600. The predicted molar refractivity (Wildman–Crippen MR) is 91.0 cm³/mol. The van der Waals surface area contributed by atoms with Crippen molar-refractivity contribution in [2.75, 3.05) is 12.3 Å². The van der Waals surface area contributed by atoms with Crippen LogP contribution in [0.5, 0.6) is 0 Å². The fraction of sp³-hybridized carbons (Fsp3) is 0.750. The SMILES string of the molecule is CCC(C)C(C)(O)CNC(=O)CSc1nccn1C(C)(C)C. The van der Waals surface area contributed by atoms with Gasteiger partial charge in [-0.15, -0.1) is 0 Å². The Bertz CT molecular complexity index is 492. The number of hydrogen-bond donors (Lipinski definition) is 2. The molecule has 0 bridgehead atoms. The second kappa shape index (κ2) is 7.51. The highest BCUT2D eigenvalue weighted by molar-refractivity contribution is 7.99. The third kappa shape index (κ3) is 5.32. The van der Waals surface area contributed by atoms with Gasteiger partial charge in [0.1, 0.15) is 0 Å². The molecule has 0 saturated carbocycles. The van der Waals surface area contributed by atoms with E-state index in [1.807, 2.05) is 20.0 Å². The minimum atomic E-state index is -0.876. The molecule has 5 nitrogen and oxygen atoms in total. The second-order valence-corrected chi connectivity index (χ2v) is 7.93. The Morgan fingerprint density at radius 2 is 2.09 bits per heavy atom. The molecule has 1 heterocycles. The van der Waals surface area contributed by atoms with Crippen LogP contribution in [0.2, 0.25) is 0 Å². The van der Waals surface area contributed by atoms with E-state index in [1.165, 1.54) is 11.8 Å². The summed E-state index contributed by atoms with van der Waals surface area (Å²) in [6, 6.07) is 0. The van der Waals surface area contributed by atoms with Gasteiger partial charge >= 0.3 is 0 Å². The number of nitrogens with zero attached hydrogens (tertiary/aromatic N) is 2. The molecule has 2 atom stereocenters. The summed E-state index contributed by atoms with van der Waals surface area (Å²) in [6.45, 7) is 12.4. The highest BCUT2D eigenvalue weighted by Crippen LogP contribution is 2.23. The summed E-state index contributed by atoms with van der Waals surface area (Å²) >= 11 is 1.41. The number of thioether (sulfide) groups is 1. The van der Waals surface area contributed by atoms with E-state index in [-0.39, 0.29) is 23.9 Å². The summed E-state index contributed by atoms with van der Waals surface area (Å²) in [4.78, 5) is 16.3. The zero-order chi connectivity index (χ0) is 17.0. The lowest BCUT2D eigenvalue weighted by Crippen LogP contribution is -2.45. The van der Waals surface area contributed by atoms with Crippen molar-refractivity contribution >= 4 is 17.7 Å². The second-order valence-electron chi connectivity index (χ2n) is 6.98. The number of aliphatic hydroxyl groups is 1. The Hall–Kier alpha value is -1.01. The largest absolute Gasteiger partial charge is 0.388 e. The highest BCUT2D eigenvalue weighted by Gasteiger charge is 2.27. The van der Waals surface area contributed by atoms with Crippen molar-refractivity contribution in [3.63, 3.8) is 0 Å². The predicted octanol–water partition coefficient (Wildman–Crippen LogP) is 2.64. The summed E-state index contributed by atoms with van der Waals surface area (Å²) in [6.07, 6.45) is 4.55. The van der Waals surface area contributed by atoms with Gasteiger partial charge in [0.2, 0.25) is 5.91 Å². The first-order valence-corrected chi connectivity index (χ1v) is 8.72. The Morgan fingerprint density at radius 3 is 2.64 bits per heavy atom. The van der Waals surface area contributed by atoms with Gasteiger partial charge in [0.15, 0.2) is 5.16 Å². The molecule has 0 radical (unpaired) electrons. The Labute approximate surface area is 137 Å². The van der Waals surface area contributed by atoms with E-state index in [1.54, 1.807) is 13.1 Å². The number of hydrogen-bond acceptors (Lipinski definition) is 4. The lowest BCUT2D eigenvalue weighted by atomic mass is 9.89. The van der Waals surface area contributed by atoms with E-state index in [9.17, 15) is 9.90 Å². The first kappa shape index (κ1) is 19.0. The van der Waals surface area contributed by atoms with Crippen molar-refractivity contribution in [3.8, 4) is 0 Å². The lowest BCUT2D eigenvalue weighted by Gasteiger charge is -2.29. The summed E-state index contributed by atoms with van der Waals surface area (Å²) in [5.74, 6) is 0.348. The number of carbonyl (C=O) groups is 1. The Morgan fingerprint density at radius 1 is 1.45 bits per heavy atom. The van der Waals surface area contributed by atoms with Crippen LogP contribution in [0.25, 0.3) is 0 Å². The topological polar surface area (TPSA) is 67.2 Å². The standard InChI is InChI=1S/C16H29N3O2S/c1-7-12(2)16(6,21)11-18-13(20)10-22-14-17-8-9-19(14)15(3,4)5/h8-9,12,21H,7,10-11H2,1-6H3,(H,18,20). The molecule has 2 unspecified atom stereocenters. The van der Waals surface area contributed by atoms with Gasteiger partial charge in [-0.3, -0.25) is 4.79 Å². The lowest BCUT2D eigenvalue weighted by molar-refractivity contribution is -0.120. The minimum Gasteiger partial charge on any atom is -0.388 e. The third-order valence-electron chi connectivity index (χ3n) is 3.98. The number of aromatic nitrogens is 2. The zero-order valence-electron chi connectivity index (χ0n) is 14.5. The van der Waals surface area contributed by atoms with Crippen LogP contribution in [0.15, 0.2) is 17.6 Å². The van der Waals surface area contributed by atoms with E-state index < -0.39 is 5.60 Å². The zero-order valence-corrected chi connectivity index (χ0v) is 15.3. The average molecular weight is 327 g/mol. The summed E-state index contributed by atoms with van der Waals surface area (Å²) in [5.41, 5.74) is -0.936. The van der Waals surface area contributed by atoms with Crippen molar-refractivity contribution in [3.05, 3.63) is 12.4 Å². The van der Waals surface area contributed by atoms with Crippen molar-refractivity contribution in [2.24, 2.45) is 5.92 Å². The van der Waals surface area contributed by atoms with Gasteiger partial charge in [0.05, 0.1) is 11.4 Å². The van der Waals surface area contributed by atoms with Crippen LogP contribution in [0, 0.1) is 5.92 Å². The van der Waals surface area contributed by atoms with Crippen molar-refractivity contribution < 1.29 is 9.90 Å². The molecular weight excluding hydrogens is 298 g/mol. The van der Waals surface area contributed by atoms with Crippen LogP contribution in [-0.2, 0) is 10.3 Å². The maximum Gasteiger partial charge on any atom is 0.230 e. The number of rotatable bonds is 7. The van der Waals surface area contributed by atoms with Gasteiger partial charge in [0, 0.05) is 24.5 Å². The third-order valence-corrected chi connectivity index (χ3v) is 4.95. The summed E-state index contributed by atoms with van der Waals surface area (Å²) in [7, 11) is 0. The molecule has 1 amide bonds. The van der Waals surface area contributed by atoms with E-state index >= 15 is 0 Å². The molecule has 0 fully saturated rings. The van der Waals surface area contributed by atoms with Crippen molar-refractivity contribution in [1.82, 2.24) is 14.9 Å². The molecule has 1 aromatic rings. The molecule has 6 heteroatoms. The monoisotopic (exact) mass is 327 g/mol. The van der Waals surface area contributed by atoms with Gasteiger partial charge in [0.25, 0.3) is 0 Å². The first-order valence-electron chi connectivity index (χ1n) is 7.73. The van der Waals surface area contributed by atoms with Gasteiger partial charge in [-0.05, 0) is 33.6 Å². The van der Waals surface area contributed by atoms with Gasteiger partial charge < -0.3 is 15.0 Å². The smallest absolute Gasteiger partial charge is 0.230 e. The molecule has 1 rings (SSSR count). The van der Waals surface area contributed by atoms with Crippen LogP contribution in [0.4, 0.5) is 0 Å². The van der Waals surface area contributed by atoms with Gasteiger partial charge in [-0.1, -0.05) is 32.0 Å². The van der Waals surface area contributed by atoms with E-state index in [0.717, 1.165) is 11.6 Å². The Kier molecular flexibility index (Phi) is 6.50. The fourth-order valence-corrected chi connectivity index (χ4v) is 2.95. The van der Waals surface area contributed by atoms with Crippen molar-refractivity contribution in [2.45, 2.75) is 64.3 Å². The molecular formula is C16H29N3O2S. The van der Waals surface area contributed by atoms with Crippen molar-refractivity contribution in [1.29, 1.82) is 0 Å². The summed E-state index contributed by atoms with van der Waals surface area (Å²) < 4.78 is 2.06. The van der Waals surface area contributed by atoms with Crippen LogP contribution >= 0.6 is 11.8 Å². The summed E-state index contributed by atoms with van der Waals surface area (Å²) in [5, 5.41) is 13.9. The average Bonchev–Trinajstić information content (AvgIpc) is 2.90. The van der Waals surface area contributed by atoms with Crippen LogP contribution in [0.3, 0.4) is 0 Å². The number of nitrogens with one attached hydrogen (secondary N) is 1. The van der Waals surface area contributed by atoms with Crippen LogP contribution < -0.4 is 5.32 Å². The molecule has 22 heavy (non-hydrogen) atoms. The van der Waals surface area contributed by atoms with Crippen LogP contribution in [0.1, 0.15) is 48.0 Å². The highest BCUT2D eigenvalue weighted by atomic mass is 32.2. The quantitative estimate of drug-likeness (QED) is 0.756. The molecule has 0 aliphatic heterocycles. The number of carbonyl (C=O) groups excluding carboxylic acids is 1. The normalized spacial score (nSPS) is 16.1. The molecule has 0 saturated heterocycles. The Balaban J connectivity index is 2.50. The van der Waals surface area contributed by atoms with E-state index in [2.05, 4.69) is 35.6 Å². The maximum atomic E-state index is 12.0. The molecule has 1 aromatic heterocycles. The first-order chi connectivity index (χ1) is 10.1. The maximum absolute atomic E-state index is 12.0. The molecule has 126 valence electrons. The molecule has 2 N–H and O–H groups in total.